The molecule has 3 aromatic heterocycles. The molecular formula is C16H19N7O. The van der Waals surface area contributed by atoms with E-state index in [0.717, 1.165) is 37.4 Å². The second kappa shape index (κ2) is 5.95. The lowest BCUT2D eigenvalue weighted by Crippen LogP contribution is -2.45. The van der Waals surface area contributed by atoms with Gasteiger partial charge in [0.15, 0.2) is 5.65 Å². The first-order chi connectivity index (χ1) is 11.7. The van der Waals surface area contributed by atoms with E-state index in [1.165, 1.54) is 0 Å². The molecule has 8 heteroatoms. The summed E-state index contributed by atoms with van der Waals surface area (Å²) in [5, 5.41) is 11.4. The predicted octanol–water partition coefficient (Wildman–Crippen LogP) is 0.862. The van der Waals surface area contributed by atoms with Crippen LogP contribution in [-0.4, -0.2) is 49.4 Å². The number of fused-ring (bicyclic) bond motifs is 1. The molecule has 1 aliphatic rings. The molecule has 124 valence electrons. The normalized spacial score (nSPS) is 15.8. The summed E-state index contributed by atoms with van der Waals surface area (Å²) in [6.45, 7) is 1.73. The summed E-state index contributed by atoms with van der Waals surface area (Å²) < 4.78 is 3.39. The van der Waals surface area contributed by atoms with Crippen molar-refractivity contribution >= 4 is 17.4 Å². The Morgan fingerprint density at radius 2 is 2.04 bits per heavy atom. The van der Waals surface area contributed by atoms with Crippen LogP contribution in [0, 0.1) is 0 Å². The average Bonchev–Trinajstić information content (AvgIpc) is 3.23. The molecule has 3 aromatic rings. The van der Waals surface area contributed by atoms with Crippen molar-refractivity contribution in [1.29, 1.82) is 0 Å². The van der Waals surface area contributed by atoms with Gasteiger partial charge in [-0.15, -0.1) is 0 Å². The molecule has 0 aromatic carbocycles. The lowest BCUT2D eigenvalue weighted by Gasteiger charge is -2.33. The number of carbonyl (C=O) groups excluding carboxylic acids is 1. The minimum atomic E-state index is -0.104. The molecule has 1 fully saturated rings. The fourth-order valence-electron chi connectivity index (χ4n) is 3.03. The van der Waals surface area contributed by atoms with Crippen LogP contribution in [0.4, 0.5) is 5.82 Å². The third kappa shape index (κ3) is 2.82. The number of piperidine rings is 1. The number of carbonyl (C=O) groups is 1. The third-order valence-electron chi connectivity index (χ3n) is 4.34. The van der Waals surface area contributed by atoms with Gasteiger partial charge in [0, 0.05) is 44.6 Å². The first-order valence-corrected chi connectivity index (χ1v) is 8.05. The van der Waals surface area contributed by atoms with Crippen LogP contribution in [0.2, 0.25) is 0 Å². The molecule has 0 unspecified atom stereocenters. The van der Waals surface area contributed by atoms with Crippen LogP contribution in [0.3, 0.4) is 0 Å². The van der Waals surface area contributed by atoms with Crippen molar-refractivity contribution in [2.45, 2.75) is 18.9 Å². The second-order valence-electron chi connectivity index (χ2n) is 6.03. The maximum Gasteiger partial charge on any atom is 0.271 e. The first-order valence-electron chi connectivity index (χ1n) is 8.05. The molecule has 4 heterocycles. The van der Waals surface area contributed by atoms with Crippen LogP contribution >= 0.6 is 0 Å². The zero-order valence-corrected chi connectivity index (χ0v) is 13.5. The maximum atomic E-state index is 12.2. The number of aryl methyl sites for hydroxylation is 1. The topological polar surface area (TPSA) is 80.4 Å². The first kappa shape index (κ1) is 14.7. The van der Waals surface area contributed by atoms with Crippen molar-refractivity contribution in [2.24, 2.45) is 7.05 Å². The van der Waals surface area contributed by atoms with E-state index in [1.807, 2.05) is 18.3 Å². The fourth-order valence-corrected chi connectivity index (χ4v) is 3.03. The van der Waals surface area contributed by atoms with Crippen LogP contribution in [0.25, 0.3) is 5.65 Å². The second-order valence-corrected chi connectivity index (χ2v) is 6.03. The highest BCUT2D eigenvalue weighted by molar-refractivity contribution is 5.92. The van der Waals surface area contributed by atoms with Crippen LogP contribution < -0.4 is 10.2 Å². The van der Waals surface area contributed by atoms with Crippen molar-refractivity contribution in [3.8, 4) is 0 Å². The van der Waals surface area contributed by atoms with Gasteiger partial charge in [-0.1, -0.05) is 0 Å². The summed E-state index contributed by atoms with van der Waals surface area (Å²) in [7, 11) is 1.81. The molecule has 1 aliphatic heterocycles. The predicted molar refractivity (Wildman–Crippen MR) is 88.9 cm³/mol. The monoisotopic (exact) mass is 325 g/mol. The summed E-state index contributed by atoms with van der Waals surface area (Å²) >= 11 is 0. The molecule has 0 spiro atoms. The van der Waals surface area contributed by atoms with Gasteiger partial charge < -0.3 is 10.2 Å². The molecule has 0 radical (unpaired) electrons. The largest absolute Gasteiger partial charge is 0.356 e. The van der Waals surface area contributed by atoms with Gasteiger partial charge >= 0.3 is 0 Å². The van der Waals surface area contributed by atoms with Crippen molar-refractivity contribution in [1.82, 2.24) is 29.7 Å². The average molecular weight is 325 g/mol. The van der Waals surface area contributed by atoms with Gasteiger partial charge in [-0.25, -0.2) is 9.50 Å². The van der Waals surface area contributed by atoms with Gasteiger partial charge in [-0.2, -0.15) is 10.2 Å². The number of hydrogen-bond donors (Lipinski definition) is 1. The van der Waals surface area contributed by atoms with Crippen molar-refractivity contribution in [3.63, 3.8) is 0 Å². The molecular weight excluding hydrogens is 306 g/mol. The number of amides is 1. The minimum absolute atomic E-state index is 0.104. The van der Waals surface area contributed by atoms with Gasteiger partial charge in [0.1, 0.15) is 11.5 Å². The Morgan fingerprint density at radius 1 is 1.21 bits per heavy atom. The molecule has 4 rings (SSSR count). The minimum Gasteiger partial charge on any atom is -0.356 e. The van der Waals surface area contributed by atoms with E-state index >= 15 is 0 Å². The van der Waals surface area contributed by atoms with Gasteiger partial charge in [0.05, 0.1) is 6.20 Å². The zero-order chi connectivity index (χ0) is 16.5. The molecule has 1 amide bonds. The Morgan fingerprint density at radius 3 is 2.79 bits per heavy atom. The van der Waals surface area contributed by atoms with E-state index in [0.29, 0.717) is 5.69 Å². The SMILES string of the molecule is Cn1ccc(C(=O)NC2CCN(c3ccn4nccc4n3)CC2)n1. The highest BCUT2D eigenvalue weighted by atomic mass is 16.2. The number of nitrogens with one attached hydrogen (secondary N) is 1. The van der Waals surface area contributed by atoms with Crippen molar-refractivity contribution in [3.05, 3.63) is 42.5 Å². The molecule has 0 saturated carbocycles. The summed E-state index contributed by atoms with van der Waals surface area (Å²) in [5.41, 5.74) is 1.31. The molecule has 0 bridgehead atoms. The molecule has 24 heavy (non-hydrogen) atoms. The number of rotatable bonds is 3. The summed E-state index contributed by atoms with van der Waals surface area (Å²) in [4.78, 5) is 19.0. The lowest BCUT2D eigenvalue weighted by molar-refractivity contribution is 0.0925. The molecule has 8 nitrogen and oxygen atoms in total. The smallest absolute Gasteiger partial charge is 0.271 e. The maximum absolute atomic E-state index is 12.2. The summed E-state index contributed by atoms with van der Waals surface area (Å²) in [6, 6.07) is 5.78. The molecule has 0 atom stereocenters. The number of aromatic nitrogens is 5. The van der Waals surface area contributed by atoms with Crippen LogP contribution in [0.1, 0.15) is 23.3 Å². The zero-order valence-electron chi connectivity index (χ0n) is 13.5. The van der Waals surface area contributed by atoms with E-state index in [2.05, 4.69) is 25.4 Å². The number of nitrogens with zero attached hydrogens (tertiary/aromatic N) is 6. The standard InChI is InChI=1S/C16H19N7O/c1-21-8-5-13(20-21)16(24)18-12-3-9-22(10-4-12)14-6-11-23-15(19-14)2-7-17-23/h2,5-8,11-12H,3-4,9-10H2,1H3,(H,18,24). The Kier molecular flexibility index (Phi) is 3.64. The highest BCUT2D eigenvalue weighted by Crippen LogP contribution is 2.18. The van der Waals surface area contributed by atoms with Gasteiger partial charge in [0.25, 0.3) is 5.91 Å². The molecule has 1 saturated heterocycles. The summed E-state index contributed by atoms with van der Waals surface area (Å²) in [6.07, 6.45) is 7.23. The Bertz CT molecular complexity index is 860. The van der Waals surface area contributed by atoms with E-state index in [-0.39, 0.29) is 11.9 Å². The lowest BCUT2D eigenvalue weighted by atomic mass is 10.0. The van der Waals surface area contributed by atoms with Crippen LogP contribution in [-0.2, 0) is 7.05 Å². The summed E-state index contributed by atoms with van der Waals surface area (Å²) in [5.74, 6) is 0.852. The van der Waals surface area contributed by atoms with Crippen LogP contribution in [0.15, 0.2) is 36.8 Å². The van der Waals surface area contributed by atoms with Gasteiger partial charge in [-0.05, 0) is 25.0 Å². The van der Waals surface area contributed by atoms with E-state index in [9.17, 15) is 4.79 Å². The van der Waals surface area contributed by atoms with Gasteiger partial charge in [0.2, 0.25) is 0 Å². The fraction of sp³-hybridized carbons (Fsp3) is 0.375. The van der Waals surface area contributed by atoms with E-state index < -0.39 is 0 Å². The van der Waals surface area contributed by atoms with Crippen LogP contribution in [0.5, 0.6) is 0 Å². The molecule has 1 N–H and O–H groups in total. The third-order valence-corrected chi connectivity index (χ3v) is 4.34. The Balaban J connectivity index is 1.37. The molecule has 0 aliphatic carbocycles. The number of hydrogen-bond acceptors (Lipinski definition) is 5. The van der Waals surface area contributed by atoms with E-state index in [4.69, 9.17) is 0 Å². The Labute approximate surface area is 139 Å². The van der Waals surface area contributed by atoms with Crippen molar-refractivity contribution < 1.29 is 4.79 Å². The quantitative estimate of drug-likeness (QED) is 0.772. The number of anilines is 1. The highest BCUT2D eigenvalue weighted by Gasteiger charge is 2.22. The van der Waals surface area contributed by atoms with Crippen molar-refractivity contribution in [2.75, 3.05) is 18.0 Å². The van der Waals surface area contributed by atoms with Gasteiger partial charge in [-0.3, -0.25) is 9.48 Å². The van der Waals surface area contributed by atoms with E-state index in [1.54, 1.807) is 34.7 Å². The Hall–Kier alpha value is -2.90.